The number of benzene rings is 1. The van der Waals surface area contributed by atoms with Crippen LogP contribution in [0.15, 0.2) is 18.2 Å². The highest BCUT2D eigenvalue weighted by molar-refractivity contribution is 7.80. The molecule has 1 amide bonds. The van der Waals surface area contributed by atoms with Gasteiger partial charge in [0.2, 0.25) is 0 Å². The number of rotatable bonds is 2. The van der Waals surface area contributed by atoms with Gasteiger partial charge in [-0.05, 0) is 37.3 Å². The molecule has 4 nitrogen and oxygen atoms in total. The summed E-state index contributed by atoms with van der Waals surface area (Å²) in [5.41, 5.74) is 5.30. The highest BCUT2D eigenvalue weighted by atomic mass is 35.5. The molecule has 0 bridgehead atoms. The molecule has 0 heterocycles. The number of amides is 1. The minimum absolute atomic E-state index is 0.283. The molecule has 0 saturated heterocycles. The zero-order chi connectivity index (χ0) is 12.8. The lowest BCUT2D eigenvalue weighted by Gasteiger charge is -2.10. The Kier molecular flexibility index (Phi) is 5.47. The number of hydrogen-bond acceptors (Lipinski definition) is 2. The highest BCUT2D eigenvalue weighted by Crippen LogP contribution is 2.20. The summed E-state index contributed by atoms with van der Waals surface area (Å²) in [6, 6.07) is 4.63. The molecule has 0 unspecified atom stereocenters. The maximum Gasteiger partial charge on any atom is 0.271 e. The molecule has 92 valence electrons. The van der Waals surface area contributed by atoms with Crippen molar-refractivity contribution < 1.29 is 4.79 Å². The maximum atomic E-state index is 11.7. The van der Waals surface area contributed by atoms with E-state index in [0.29, 0.717) is 22.2 Å². The molecule has 0 saturated carbocycles. The minimum atomic E-state index is -0.382. The average molecular weight is 292 g/mol. The van der Waals surface area contributed by atoms with Crippen LogP contribution < -0.4 is 16.2 Å². The molecular formula is C10H11Cl2N3OS. The number of thiocarbonyl (C=S) groups is 1. The summed E-state index contributed by atoms with van der Waals surface area (Å²) in [6.07, 6.45) is 0. The Labute approximate surface area is 115 Å². The smallest absolute Gasteiger partial charge is 0.271 e. The molecule has 1 aromatic rings. The van der Waals surface area contributed by atoms with E-state index in [1.54, 1.807) is 6.07 Å². The summed E-state index contributed by atoms with van der Waals surface area (Å²) in [7, 11) is 0. The lowest BCUT2D eigenvalue weighted by atomic mass is 10.2. The lowest BCUT2D eigenvalue weighted by Crippen LogP contribution is -2.46. The number of carbonyl (C=O) groups excluding carboxylic acids is 1. The topological polar surface area (TPSA) is 53.2 Å². The molecule has 0 radical (unpaired) electrons. The average Bonchev–Trinajstić information content (AvgIpc) is 2.26. The van der Waals surface area contributed by atoms with Crippen molar-refractivity contribution in [1.29, 1.82) is 0 Å². The first-order valence-electron chi connectivity index (χ1n) is 4.83. The van der Waals surface area contributed by atoms with Gasteiger partial charge in [0.05, 0.1) is 10.6 Å². The molecule has 17 heavy (non-hydrogen) atoms. The second-order valence-corrected chi connectivity index (χ2v) is 4.31. The third kappa shape index (κ3) is 4.38. The van der Waals surface area contributed by atoms with Gasteiger partial charge in [-0.15, -0.1) is 0 Å². The molecule has 0 fully saturated rings. The van der Waals surface area contributed by atoms with E-state index < -0.39 is 0 Å². The quantitative estimate of drug-likeness (QED) is 0.577. The molecule has 0 aromatic heterocycles. The van der Waals surface area contributed by atoms with E-state index >= 15 is 0 Å². The molecular weight excluding hydrogens is 281 g/mol. The molecule has 7 heteroatoms. The maximum absolute atomic E-state index is 11.7. The Morgan fingerprint density at radius 2 is 2.06 bits per heavy atom. The second kappa shape index (κ2) is 6.64. The van der Waals surface area contributed by atoms with Crippen molar-refractivity contribution in [2.24, 2.45) is 0 Å². The Hall–Kier alpha value is -1.04. The van der Waals surface area contributed by atoms with Crippen LogP contribution in [0.1, 0.15) is 17.3 Å². The zero-order valence-corrected chi connectivity index (χ0v) is 11.3. The Morgan fingerprint density at radius 1 is 1.35 bits per heavy atom. The van der Waals surface area contributed by atoms with Gasteiger partial charge in [0.15, 0.2) is 5.11 Å². The fourth-order valence-corrected chi connectivity index (χ4v) is 1.75. The van der Waals surface area contributed by atoms with Crippen LogP contribution in [0.25, 0.3) is 0 Å². The highest BCUT2D eigenvalue weighted by Gasteiger charge is 2.10. The van der Waals surface area contributed by atoms with Gasteiger partial charge < -0.3 is 5.32 Å². The molecule has 0 aliphatic heterocycles. The summed E-state index contributed by atoms with van der Waals surface area (Å²) < 4.78 is 0. The first kappa shape index (κ1) is 14.0. The van der Waals surface area contributed by atoms with Crippen LogP contribution in [0.5, 0.6) is 0 Å². The van der Waals surface area contributed by atoms with Crippen molar-refractivity contribution in [1.82, 2.24) is 16.2 Å². The first-order valence-corrected chi connectivity index (χ1v) is 6.00. The van der Waals surface area contributed by atoms with Crippen molar-refractivity contribution in [3.63, 3.8) is 0 Å². The van der Waals surface area contributed by atoms with E-state index in [1.165, 1.54) is 12.1 Å². The van der Waals surface area contributed by atoms with Crippen LogP contribution in [0.2, 0.25) is 10.0 Å². The van der Waals surface area contributed by atoms with Crippen LogP contribution in [-0.2, 0) is 0 Å². The standard InChI is InChI=1S/C10H11Cl2N3OS/c1-2-13-10(17)15-14-9(16)7-4-3-6(11)5-8(7)12/h3-5H,2H2,1H3,(H,14,16)(H2,13,15,17). The zero-order valence-electron chi connectivity index (χ0n) is 9.01. The van der Waals surface area contributed by atoms with E-state index in [4.69, 9.17) is 35.4 Å². The third-order valence-electron chi connectivity index (χ3n) is 1.80. The number of hydrazine groups is 1. The summed E-state index contributed by atoms with van der Waals surface area (Å²) >= 11 is 16.5. The predicted octanol–water partition coefficient (Wildman–Crippen LogP) is 2.12. The van der Waals surface area contributed by atoms with Crippen LogP contribution in [-0.4, -0.2) is 17.6 Å². The van der Waals surface area contributed by atoms with Gasteiger partial charge in [-0.1, -0.05) is 23.2 Å². The summed E-state index contributed by atoms with van der Waals surface area (Å²) in [6.45, 7) is 2.56. The van der Waals surface area contributed by atoms with Crippen molar-refractivity contribution in [3.8, 4) is 0 Å². The monoisotopic (exact) mass is 291 g/mol. The summed E-state index contributed by atoms with van der Waals surface area (Å²) in [5.74, 6) is -0.382. The van der Waals surface area contributed by atoms with E-state index in [-0.39, 0.29) is 10.9 Å². The van der Waals surface area contributed by atoms with Crippen LogP contribution in [0.4, 0.5) is 0 Å². The van der Waals surface area contributed by atoms with Gasteiger partial charge in [0.1, 0.15) is 0 Å². The molecule has 1 rings (SSSR count). The van der Waals surface area contributed by atoms with Crippen molar-refractivity contribution in [2.75, 3.05) is 6.54 Å². The normalized spacial score (nSPS) is 9.59. The van der Waals surface area contributed by atoms with Crippen molar-refractivity contribution >= 4 is 46.4 Å². The van der Waals surface area contributed by atoms with Gasteiger partial charge >= 0.3 is 0 Å². The van der Waals surface area contributed by atoms with Crippen molar-refractivity contribution in [3.05, 3.63) is 33.8 Å². The molecule has 3 N–H and O–H groups in total. The summed E-state index contributed by atoms with van der Waals surface area (Å²) in [5, 5.41) is 3.92. The minimum Gasteiger partial charge on any atom is -0.362 e. The van der Waals surface area contributed by atoms with E-state index in [0.717, 1.165) is 0 Å². The van der Waals surface area contributed by atoms with Gasteiger partial charge in [0.25, 0.3) is 5.91 Å². The summed E-state index contributed by atoms with van der Waals surface area (Å²) in [4.78, 5) is 11.7. The Bertz CT molecular complexity index is 440. The number of carbonyl (C=O) groups is 1. The van der Waals surface area contributed by atoms with Gasteiger partial charge in [-0.3, -0.25) is 15.6 Å². The van der Waals surface area contributed by atoms with Gasteiger partial charge in [-0.25, -0.2) is 0 Å². The van der Waals surface area contributed by atoms with E-state index in [1.807, 2.05) is 6.92 Å². The SMILES string of the molecule is CCNC(=S)NNC(=O)c1ccc(Cl)cc1Cl. The van der Waals surface area contributed by atoms with Crippen LogP contribution in [0.3, 0.4) is 0 Å². The van der Waals surface area contributed by atoms with E-state index in [2.05, 4.69) is 16.2 Å². The number of nitrogens with one attached hydrogen (secondary N) is 3. The largest absolute Gasteiger partial charge is 0.362 e. The molecule has 0 aliphatic rings. The molecule has 0 atom stereocenters. The number of hydrogen-bond donors (Lipinski definition) is 3. The molecule has 0 spiro atoms. The van der Waals surface area contributed by atoms with Crippen molar-refractivity contribution in [2.45, 2.75) is 6.92 Å². The Morgan fingerprint density at radius 3 is 2.65 bits per heavy atom. The van der Waals surface area contributed by atoms with E-state index in [9.17, 15) is 4.79 Å². The Balaban J connectivity index is 2.61. The fraction of sp³-hybridized carbons (Fsp3) is 0.200. The van der Waals surface area contributed by atoms with Gasteiger partial charge in [-0.2, -0.15) is 0 Å². The second-order valence-electron chi connectivity index (χ2n) is 3.06. The fourth-order valence-electron chi connectivity index (χ4n) is 1.06. The number of halogens is 2. The van der Waals surface area contributed by atoms with Crippen LogP contribution >= 0.6 is 35.4 Å². The predicted molar refractivity (Wildman–Crippen MR) is 73.3 cm³/mol. The lowest BCUT2D eigenvalue weighted by molar-refractivity contribution is 0.0944. The molecule has 1 aromatic carbocycles. The van der Waals surface area contributed by atoms with Gasteiger partial charge in [0, 0.05) is 11.6 Å². The first-order chi connectivity index (χ1) is 8.04. The molecule has 0 aliphatic carbocycles. The third-order valence-corrected chi connectivity index (χ3v) is 2.60. The van der Waals surface area contributed by atoms with Crippen LogP contribution in [0, 0.1) is 0 Å².